The normalized spacial score (nSPS) is 27.1. The molecule has 8 nitrogen and oxygen atoms in total. The highest BCUT2D eigenvalue weighted by Gasteiger charge is 2.55. The van der Waals surface area contributed by atoms with Gasteiger partial charge in [-0.05, 0) is 30.9 Å². The molecule has 2 atom stereocenters. The van der Waals surface area contributed by atoms with Crippen LogP contribution in [0.15, 0.2) is 18.2 Å². The molecule has 3 amide bonds. The van der Waals surface area contributed by atoms with Crippen molar-refractivity contribution in [2.24, 2.45) is 11.3 Å². The number of nitrogens with zero attached hydrogens (tertiary/aromatic N) is 1. The van der Waals surface area contributed by atoms with Gasteiger partial charge in [0.05, 0.1) is 16.8 Å². The van der Waals surface area contributed by atoms with Crippen LogP contribution in [0.5, 0.6) is 5.75 Å². The van der Waals surface area contributed by atoms with Crippen LogP contribution in [0, 0.1) is 11.3 Å². The number of ether oxygens (including phenoxy) is 1. The number of aliphatic carboxylic acids is 1. The largest absolute Gasteiger partial charge is 0.481 e. The highest BCUT2D eigenvalue weighted by molar-refractivity contribution is 5.99. The van der Waals surface area contributed by atoms with Crippen LogP contribution in [-0.4, -0.2) is 47.6 Å². The minimum atomic E-state index is -0.812. The Morgan fingerprint density at radius 2 is 2.24 bits per heavy atom. The molecule has 1 aromatic carbocycles. The van der Waals surface area contributed by atoms with Crippen molar-refractivity contribution in [3.05, 3.63) is 18.2 Å². The first-order valence-electron chi connectivity index (χ1n) is 8.34. The number of hydrogen-bond acceptors (Lipinski definition) is 4. The molecule has 132 valence electrons. The standard InChI is InChI=1S/C17H19N3O5/c21-13-8-25-14-11(18-13)4-1-5-12(14)19-16(24)20-7-10-3-2-6-17(10,9-20)15(22)23/h1,4-5,10H,2-3,6-9H2,(H,18,21)(H,19,24)(H,22,23)/t10-,17+/m0/s1. The number of carboxylic acids is 1. The first-order valence-corrected chi connectivity index (χ1v) is 8.34. The lowest BCUT2D eigenvalue weighted by molar-refractivity contribution is -0.149. The van der Waals surface area contributed by atoms with Gasteiger partial charge in [-0.3, -0.25) is 9.59 Å². The molecule has 2 aliphatic heterocycles. The first kappa shape index (κ1) is 15.7. The zero-order valence-electron chi connectivity index (χ0n) is 13.6. The van der Waals surface area contributed by atoms with Crippen LogP contribution in [0.3, 0.4) is 0 Å². The summed E-state index contributed by atoms with van der Waals surface area (Å²) in [5, 5.41) is 15.1. The molecule has 0 aromatic heterocycles. The third kappa shape index (κ3) is 2.48. The van der Waals surface area contributed by atoms with Crippen LogP contribution < -0.4 is 15.4 Å². The number of carboxylic acid groups (broad SMARTS) is 1. The molecular formula is C17H19N3O5. The van der Waals surface area contributed by atoms with E-state index in [0.29, 0.717) is 30.1 Å². The molecule has 0 radical (unpaired) electrons. The van der Waals surface area contributed by atoms with Crippen molar-refractivity contribution >= 4 is 29.3 Å². The van der Waals surface area contributed by atoms with Gasteiger partial charge < -0.3 is 25.4 Å². The lowest BCUT2D eigenvalue weighted by Gasteiger charge is -2.24. The molecule has 1 saturated heterocycles. The fourth-order valence-corrected chi connectivity index (χ4v) is 4.20. The number of amides is 3. The number of anilines is 2. The molecule has 8 heteroatoms. The second-order valence-electron chi connectivity index (χ2n) is 6.88. The molecule has 1 saturated carbocycles. The summed E-state index contributed by atoms with van der Waals surface area (Å²) >= 11 is 0. The molecule has 0 unspecified atom stereocenters. The number of carbonyl (C=O) groups is 3. The maximum absolute atomic E-state index is 12.6. The third-order valence-electron chi connectivity index (χ3n) is 5.46. The minimum absolute atomic E-state index is 0.0102. The summed E-state index contributed by atoms with van der Waals surface area (Å²) in [5.74, 6) is -0.626. The van der Waals surface area contributed by atoms with E-state index in [1.807, 2.05) is 0 Å². The van der Waals surface area contributed by atoms with Gasteiger partial charge in [-0.15, -0.1) is 0 Å². The number of rotatable bonds is 2. The predicted octanol–water partition coefficient (Wildman–Crippen LogP) is 1.74. The maximum Gasteiger partial charge on any atom is 0.321 e. The van der Waals surface area contributed by atoms with E-state index in [0.717, 1.165) is 12.8 Å². The van der Waals surface area contributed by atoms with E-state index in [2.05, 4.69) is 10.6 Å². The van der Waals surface area contributed by atoms with Crippen LogP contribution in [0.2, 0.25) is 0 Å². The van der Waals surface area contributed by atoms with Gasteiger partial charge in [0.15, 0.2) is 12.4 Å². The molecule has 0 bridgehead atoms. The van der Waals surface area contributed by atoms with Crippen molar-refractivity contribution in [1.82, 2.24) is 4.90 Å². The molecular weight excluding hydrogens is 326 g/mol. The summed E-state index contributed by atoms with van der Waals surface area (Å²) in [7, 11) is 0. The summed E-state index contributed by atoms with van der Waals surface area (Å²) in [6.45, 7) is 0.573. The van der Waals surface area contributed by atoms with Crippen LogP contribution in [0.4, 0.5) is 16.2 Å². The summed E-state index contributed by atoms with van der Waals surface area (Å²) in [6, 6.07) is 4.75. The maximum atomic E-state index is 12.6. The van der Waals surface area contributed by atoms with Crippen molar-refractivity contribution < 1.29 is 24.2 Å². The zero-order valence-corrected chi connectivity index (χ0v) is 13.6. The number of urea groups is 1. The van der Waals surface area contributed by atoms with Gasteiger partial charge >= 0.3 is 12.0 Å². The topological polar surface area (TPSA) is 108 Å². The molecule has 4 rings (SSSR count). The van der Waals surface area contributed by atoms with E-state index < -0.39 is 11.4 Å². The number of nitrogens with one attached hydrogen (secondary N) is 2. The van der Waals surface area contributed by atoms with Crippen LogP contribution in [0.1, 0.15) is 19.3 Å². The fraction of sp³-hybridized carbons (Fsp3) is 0.471. The van der Waals surface area contributed by atoms with Crippen LogP contribution in [-0.2, 0) is 9.59 Å². The van der Waals surface area contributed by atoms with Crippen molar-refractivity contribution in [2.45, 2.75) is 19.3 Å². The SMILES string of the molecule is O=C1COc2c(cccc2NC(=O)N2C[C@@H]3CCC[C@@]3(C(=O)O)C2)N1. The Morgan fingerprint density at radius 3 is 3.00 bits per heavy atom. The van der Waals surface area contributed by atoms with E-state index in [1.54, 1.807) is 23.1 Å². The number of para-hydroxylation sites is 1. The smallest absolute Gasteiger partial charge is 0.321 e. The second kappa shape index (κ2) is 5.65. The highest BCUT2D eigenvalue weighted by atomic mass is 16.5. The first-order chi connectivity index (χ1) is 12.0. The van der Waals surface area contributed by atoms with Crippen molar-refractivity contribution in [3.63, 3.8) is 0 Å². The molecule has 1 aromatic rings. The Bertz CT molecular complexity index is 765. The highest BCUT2D eigenvalue weighted by Crippen LogP contribution is 2.49. The lowest BCUT2D eigenvalue weighted by atomic mass is 9.81. The van der Waals surface area contributed by atoms with Gasteiger partial charge in [0.2, 0.25) is 0 Å². The Kier molecular flexibility index (Phi) is 3.55. The zero-order chi connectivity index (χ0) is 17.6. The number of fused-ring (bicyclic) bond motifs is 2. The average molecular weight is 345 g/mol. The monoisotopic (exact) mass is 345 g/mol. The van der Waals surface area contributed by atoms with Crippen LogP contribution >= 0.6 is 0 Å². The Hall–Kier alpha value is -2.77. The van der Waals surface area contributed by atoms with Gasteiger partial charge in [-0.1, -0.05) is 12.5 Å². The predicted molar refractivity (Wildman–Crippen MR) is 88.6 cm³/mol. The van der Waals surface area contributed by atoms with Crippen molar-refractivity contribution in [3.8, 4) is 5.75 Å². The van der Waals surface area contributed by atoms with Crippen LogP contribution in [0.25, 0.3) is 0 Å². The molecule has 2 fully saturated rings. The molecule has 2 heterocycles. The Labute approximate surface area is 144 Å². The van der Waals surface area contributed by atoms with Gasteiger partial charge in [-0.2, -0.15) is 0 Å². The van der Waals surface area contributed by atoms with Gasteiger partial charge in [0.1, 0.15) is 0 Å². The van der Waals surface area contributed by atoms with E-state index in [1.165, 1.54) is 0 Å². The van der Waals surface area contributed by atoms with E-state index in [4.69, 9.17) is 4.74 Å². The fourth-order valence-electron chi connectivity index (χ4n) is 4.20. The summed E-state index contributed by atoms with van der Waals surface area (Å²) in [4.78, 5) is 37.3. The Morgan fingerprint density at radius 1 is 1.40 bits per heavy atom. The van der Waals surface area contributed by atoms with Gasteiger partial charge in [0, 0.05) is 13.1 Å². The van der Waals surface area contributed by atoms with E-state index >= 15 is 0 Å². The molecule has 1 aliphatic carbocycles. The van der Waals surface area contributed by atoms with Crippen molar-refractivity contribution in [2.75, 3.05) is 30.3 Å². The van der Waals surface area contributed by atoms with Crippen molar-refractivity contribution in [1.29, 1.82) is 0 Å². The minimum Gasteiger partial charge on any atom is -0.481 e. The molecule has 25 heavy (non-hydrogen) atoms. The van der Waals surface area contributed by atoms with Gasteiger partial charge in [0.25, 0.3) is 5.91 Å². The quantitative estimate of drug-likeness (QED) is 0.757. The number of hydrogen-bond donors (Lipinski definition) is 3. The number of likely N-dealkylation sites (tertiary alicyclic amines) is 1. The second-order valence-corrected chi connectivity index (χ2v) is 6.88. The van der Waals surface area contributed by atoms with E-state index in [-0.39, 0.29) is 31.0 Å². The Balaban J connectivity index is 1.52. The average Bonchev–Trinajstić information content (AvgIpc) is 3.13. The third-order valence-corrected chi connectivity index (χ3v) is 5.46. The molecule has 3 N–H and O–H groups in total. The number of benzene rings is 1. The summed E-state index contributed by atoms with van der Waals surface area (Å²) in [6.07, 6.45) is 2.35. The summed E-state index contributed by atoms with van der Waals surface area (Å²) < 4.78 is 5.42. The summed E-state index contributed by atoms with van der Waals surface area (Å²) in [5.41, 5.74) is 0.163. The van der Waals surface area contributed by atoms with E-state index in [9.17, 15) is 19.5 Å². The molecule has 0 spiro atoms. The van der Waals surface area contributed by atoms with Gasteiger partial charge in [-0.25, -0.2) is 4.79 Å². The number of carbonyl (C=O) groups excluding carboxylic acids is 2. The molecule has 3 aliphatic rings. The lowest BCUT2D eigenvalue weighted by Crippen LogP contribution is -2.38.